The zero-order valence-electron chi connectivity index (χ0n) is 15.2. The van der Waals surface area contributed by atoms with Crippen molar-refractivity contribution in [1.29, 1.82) is 0 Å². The molecule has 0 spiro atoms. The Morgan fingerprint density at radius 1 is 1.14 bits per heavy atom. The van der Waals surface area contributed by atoms with Crippen molar-refractivity contribution in [2.45, 2.75) is 20.0 Å². The second-order valence-electron chi connectivity index (χ2n) is 6.03. The summed E-state index contributed by atoms with van der Waals surface area (Å²) in [6, 6.07) is 11.8. The van der Waals surface area contributed by atoms with Gasteiger partial charge >= 0.3 is 0 Å². The average molecular weight is 416 g/mol. The third kappa shape index (κ3) is 5.09. The summed E-state index contributed by atoms with van der Waals surface area (Å²) < 4.78 is 5.71. The summed E-state index contributed by atoms with van der Waals surface area (Å²) in [7, 11) is 0. The first-order chi connectivity index (χ1) is 13.4. The van der Waals surface area contributed by atoms with Gasteiger partial charge in [-0.1, -0.05) is 11.6 Å². The molecule has 1 aromatic heterocycles. The minimum Gasteiger partial charge on any atom is -0.481 e. The molecule has 1 unspecified atom stereocenters. The van der Waals surface area contributed by atoms with Crippen LogP contribution in [0.3, 0.4) is 0 Å². The van der Waals surface area contributed by atoms with E-state index in [2.05, 4.69) is 15.6 Å². The van der Waals surface area contributed by atoms with Crippen molar-refractivity contribution >= 4 is 45.6 Å². The van der Waals surface area contributed by atoms with Gasteiger partial charge in [-0.05, 0) is 61.9 Å². The maximum Gasteiger partial charge on any atom is 0.265 e. The quantitative estimate of drug-likeness (QED) is 0.608. The number of hydrogen-bond acceptors (Lipinski definition) is 5. The Morgan fingerprint density at radius 2 is 1.89 bits per heavy atom. The number of carbonyl (C=O) groups is 2. The summed E-state index contributed by atoms with van der Waals surface area (Å²) in [6.45, 7) is 3.53. The SMILES string of the molecule is Cc1cc(Cl)ccc1OC(C)C(=O)Nc1ccc(C(=O)Nc2nccs2)cc1. The van der Waals surface area contributed by atoms with Gasteiger partial charge in [0.05, 0.1) is 0 Å². The zero-order valence-corrected chi connectivity index (χ0v) is 16.8. The molecule has 0 aliphatic heterocycles. The van der Waals surface area contributed by atoms with E-state index in [4.69, 9.17) is 16.3 Å². The van der Waals surface area contributed by atoms with E-state index in [0.717, 1.165) is 5.56 Å². The highest BCUT2D eigenvalue weighted by Crippen LogP contribution is 2.23. The largest absolute Gasteiger partial charge is 0.481 e. The fourth-order valence-electron chi connectivity index (χ4n) is 2.39. The lowest BCUT2D eigenvalue weighted by Crippen LogP contribution is -2.30. The molecule has 0 radical (unpaired) electrons. The summed E-state index contributed by atoms with van der Waals surface area (Å²) in [5.74, 6) is 0.0401. The summed E-state index contributed by atoms with van der Waals surface area (Å²) >= 11 is 7.27. The number of nitrogens with zero attached hydrogens (tertiary/aromatic N) is 1. The molecule has 1 heterocycles. The lowest BCUT2D eigenvalue weighted by atomic mass is 10.2. The third-order valence-electron chi connectivity index (χ3n) is 3.88. The Balaban J connectivity index is 1.58. The van der Waals surface area contributed by atoms with Crippen molar-refractivity contribution in [3.8, 4) is 5.75 Å². The molecule has 2 aromatic carbocycles. The molecule has 1 atom stereocenters. The topological polar surface area (TPSA) is 80.3 Å². The van der Waals surface area contributed by atoms with Crippen LogP contribution >= 0.6 is 22.9 Å². The van der Waals surface area contributed by atoms with E-state index in [9.17, 15) is 9.59 Å². The number of anilines is 2. The third-order valence-corrected chi connectivity index (χ3v) is 4.80. The Bertz CT molecular complexity index is 975. The highest BCUT2D eigenvalue weighted by Gasteiger charge is 2.16. The molecule has 0 aliphatic carbocycles. The summed E-state index contributed by atoms with van der Waals surface area (Å²) in [5.41, 5.74) is 1.89. The summed E-state index contributed by atoms with van der Waals surface area (Å²) in [6.07, 6.45) is 0.918. The van der Waals surface area contributed by atoms with Crippen molar-refractivity contribution in [2.75, 3.05) is 10.6 Å². The van der Waals surface area contributed by atoms with Crippen molar-refractivity contribution in [2.24, 2.45) is 0 Å². The minimum atomic E-state index is -0.701. The molecule has 8 heteroatoms. The normalized spacial score (nSPS) is 11.5. The number of rotatable bonds is 6. The van der Waals surface area contributed by atoms with Crippen LogP contribution in [0.5, 0.6) is 5.75 Å². The molecule has 0 fully saturated rings. The second kappa shape index (κ2) is 8.86. The number of hydrogen-bond donors (Lipinski definition) is 2. The Kier molecular flexibility index (Phi) is 6.28. The highest BCUT2D eigenvalue weighted by molar-refractivity contribution is 7.13. The molecule has 0 aliphatic rings. The number of halogens is 1. The second-order valence-corrected chi connectivity index (χ2v) is 7.36. The van der Waals surface area contributed by atoms with Crippen LogP contribution in [0, 0.1) is 6.92 Å². The number of amides is 2. The van der Waals surface area contributed by atoms with E-state index in [-0.39, 0.29) is 11.8 Å². The maximum absolute atomic E-state index is 12.4. The molecule has 28 heavy (non-hydrogen) atoms. The van der Waals surface area contributed by atoms with Crippen molar-refractivity contribution in [3.05, 3.63) is 70.2 Å². The zero-order chi connectivity index (χ0) is 20.1. The van der Waals surface area contributed by atoms with Crippen LogP contribution in [0.1, 0.15) is 22.8 Å². The molecule has 0 bridgehead atoms. The van der Waals surface area contributed by atoms with E-state index in [1.54, 1.807) is 61.0 Å². The lowest BCUT2D eigenvalue weighted by molar-refractivity contribution is -0.122. The van der Waals surface area contributed by atoms with Crippen LogP contribution in [0.15, 0.2) is 54.0 Å². The molecule has 3 aromatic rings. The number of nitrogens with one attached hydrogen (secondary N) is 2. The number of aryl methyl sites for hydroxylation is 1. The molecule has 144 valence electrons. The van der Waals surface area contributed by atoms with Gasteiger partial charge in [0.15, 0.2) is 11.2 Å². The molecule has 0 saturated carbocycles. The number of ether oxygens (including phenoxy) is 1. The molecule has 2 amide bonds. The minimum absolute atomic E-state index is 0.261. The van der Waals surface area contributed by atoms with E-state index < -0.39 is 6.10 Å². The molecular formula is C20H18ClN3O3S. The van der Waals surface area contributed by atoms with Gasteiger partial charge in [-0.3, -0.25) is 14.9 Å². The molecular weight excluding hydrogens is 398 g/mol. The molecule has 0 saturated heterocycles. The van der Waals surface area contributed by atoms with Gasteiger partial charge in [0.25, 0.3) is 11.8 Å². The van der Waals surface area contributed by atoms with Gasteiger partial charge in [-0.2, -0.15) is 0 Å². The van der Waals surface area contributed by atoms with Crippen molar-refractivity contribution in [3.63, 3.8) is 0 Å². The number of aromatic nitrogens is 1. The standard InChI is InChI=1S/C20H18ClN3O3S/c1-12-11-15(21)5-8-17(12)27-13(2)18(25)23-16-6-3-14(4-7-16)19(26)24-20-22-9-10-28-20/h3-11,13H,1-2H3,(H,23,25)(H,22,24,26). The monoisotopic (exact) mass is 415 g/mol. The number of thiazole rings is 1. The van der Waals surface area contributed by atoms with Crippen LogP contribution in [0.2, 0.25) is 5.02 Å². The molecule has 2 N–H and O–H groups in total. The number of benzene rings is 2. The summed E-state index contributed by atoms with van der Waals surface area (Å²) in [5, 5.41) is 8.40. The van der Waals surface area contributed by atoms with E-state index in [0.29, 0.717) is 27.2 Å². The number of carbonyl (C=O) groups excluding carboxylic acids is 2. The van der Waals surface area contributed by atoms with Gasteiger partial charge in [0, 0.05) is 27.9 Å². The first-order valence-corrected chi connectivity index (χ1v) is 9.73. The average Bonchev–Trinajstić information content (AvgIpc) is 3.17. The highest BCUT2D eigenvalue weighted by atomic mass is 35.5. The van der Waals surface area contributed by atoms with Gasteiger partial charge in [0.1, 0.15) is 5.75 Å². The maximum atomic E-state index is 12.4. The smallest absolute Gasteiger partial charge is 0.265 e. The predicted octanol–water partition coefficient (Wildman–Crippen LogP) is 4.76. The van der Waals surface area contributed by atoms with Crippen LogP contribution in [0.25, 0.3) is 0 Å². The summed E-state index contributed by atoms with van der Waals surface area (Å²) in [4.78, 5) is 28.5. The van der Waals surface area contributed by atoms with E-state index >= 15 is 0 Å². The van der Waals surface area contributed by atoms with Gasteiger partial charge in [-0.15, -0.1) is 11.3 Å². The van der Waals surface area contributed by atoms with E-state index in [1.807, 2.05) is 6.92 Å². The van der Waals surface area contributed by atoms with Crippen molar-refractivity contribution in [1.82, 2.24) is 4.98 Å². The fourth-order valence-corrected chi connectivity index (χ4v) is 3.14. The first-order valence-electron chi connectivity index (χ1n) is 8.47. The van der Waals surface area contributed by atoms with Crippen LogP contribution in [-0.2, 0) is 4.79 Å². The Labute approximate surface area is 171 Å². The van der Waals surface area contributed by atoms with Crippen LogP contribution < -0.4 is 15.4 Å². The van der Waals surface area contributed by atoms with Crippen molar-refractivity contribution < 1.29 is 14.3 Å². The Morgan fingerprint density at radius 3 is 2.54 bits per heavy atom. The lowest BCUT2D eigenvalue weighted by Gasteiger charge is -2.16. The molecule has 3 rings (SSSR count). The molecule has 6 nitrogen and oxygen atoms in total. The van der Waals surface area contributed by atoms with Crippen LogP contribution in [0.4, 0.5) is 10.8 Å². The fraction of sp³-hybridized carbons (Fsp3) is 0.150. The van der Waals surface area contributed by atoms with Gasteiger partial charge in [0.2, 0.25) is 0 Å². The van der Waals surface area contributed by atoms with Gasteiger partial charge < -0.3 is 10.1 Å². The predicted molar refractivity (Wildman–Crippen MR) is 111 cm³/mol. The first kappa shape index (κ1) is 19.9. The van der Waals surface area contributed by atoms with Crippen LogP contribution in [-0.4, -0.2) is 22.9 Å². The Hall–Kier alpha value is -2.90. The van der Waals surface area contributed by atoms with E-state index in [1.165, 1.54) is 11.3 Å². The van der Waals surface area contributed by atoms with Gasteiger partial charge in [-0.25, -0.2) is 4.98 Å².